The van der Waals surface area contributed by atoms with E-state index in [-0.39, 0.29) is 22.6 Å². The summed E-state index contributed by atoms with van der Waals surface area (Å²) in [7, 11) is 3.03. The molecule has 9 heteroatoms. The topological polar surface area (TPSA) is 119 Å². The fourth-order valence-corrected chi connectivity index (χ4v) is 5.85. The van der Waals surface area contributed by atoms with Crippen LogP contribution in [0.3, 0.4) is 0 Å². The maximum absolute atomic E-state index is 13.4. The van der Waals surface area contributed by atoms with Crippen LogP contribution >= 0.6 is 0 Å². The normalized spacial score (nSPS) is 16.0. The highest BCUT2D eigenvalue weighted by atomic mass is 16.6. The van der Waals surface area contributed by atoms with Crippen molar-refractivity contribution >= 4 is 23.1 Å². The van der Waals surface area contributed by atoms with Crippen LogP contribution in [0.2, 0.25) is 0 Å². The van der Waals surface area contributed by atoms with Gasteiger partial charge in [-0.1, -0.05) is 90.4 Å². The number of amides is 1. The number of Topliss-reactive ketones (excluding diaryl/α,β-unsaturated/α-hetero) is 1. The number of benzene rings is 2. The van der Waals surface area contributed by atoms with Gasteiger partial charge in [-0.2, -0.15) is 0 Å². The molecule has 44 heavy (non-hydrogen) atoms. The van der Waals surface area contributed by atoms with Crippen molar-refractivity contribution in [2.75, 3.05) is 20.8 Å². The molecule has 0 radical (unpaired) electrons. The standard InChI is InChI=1S/C35H48N2O7/c1-4-5-6-7-8-9-10-11-12-13-14-15-16-17-24-36-32(29-23-22-28(43-2)25-30(29)44-3)31(34(39)35(36)40)33(38)26-18-20-27(21-19-26)37(41)42/h18-23,25,32,38H,4-17,24H2,1-3H3/b33-31+. The molecule has 240 valence electrons. The third kappa shape index (κ3) is 9.31. The fraction of sp³-hybridized carbons (Fsp3) is 0.543. The largest absolute Gasteiger partial charge is 0.507 e. The zero-order valence-electron chi connectivity index (χ0n) is 26.5. The van der Waals surface area contributed by atoms with Gasteiger partial charge < -0.3 is 19.5 Å². The Morgan fingerprint density at radius 3 is 1.86 bits per heavy atom. The predicted octanol–water partition coefficient (Wildman–Crippen LogP) is 8.52. The van der Waals surface area contributed by atoms with Crippen molar-refractivity contribution in [2.24, 2.45) is 0 Å². The van der Waals surface area contributed by atoms with E-state index in [1.165, 1.54) is 108 Å². The van der Waals surface area contributed by atoms with Crippen molar-refractivity contribution in [2.45, 2.75) is 103 Å². The number of non-ortho nitro benzene ring substituents is 1. The Balaban J connectivity index is 1.67. The van der Waals surface area contributed by atoms with Crippen LogP contribution in [0.5, 0.6) is 11.5 Å². The zero-order chi connectivity index (χ0) is 31.9. The van der Waals surface area contributed by atoms with E-state index >= 15 is 0 Å². The summed E-state index contributed by atoms with van der Waals surface area (Å²) in [6.07, 6.45) is 17.0. The average Bonchev–Trinajstić information content (AvgIpc) is 3.29. The van der Waals surface area contributed by atoms with Crippen LogP contribution in [0, 0.1) is 10.1 Å². The van der Waals surface area contributed by atoms with E-state index < -0.39 is 22.7 Å². The lowest BCUT2D eigenvalue weighted by atomic mass is 9.94. The van der Waals surface area contributed by atoms with Crippen LogP contribution in [0.1, 0.15) is 114 Å². The number of nitrogens with zero attached hydrogens (tertiary/aromatic N) is 2. The SMILES string of the molecule is CCCCCCCCCCCCCCCCN1C(=O)C(=O)/C(=C(/O)c2ccc([N+](=O)[O-])cc2)C1c1ccc(OC)cc1OC. The number of carbonyl (C=O) groups excluding carboxylic acids is 2. The number of aliphatic hydroxyl groups excluding tert-OH is 1. The molecule has 1 fully saturated rings. The average molecular weight is 609 g/mol. The molecule has 1 aliphatic heterocycles. The number of aliphatic hydroxyl groups is 1. The highest BCUT2D eigenvalue weighted by Crippen LogP contribution is 2.44. The minimum Gasteiger partial charge on any atom is -0.507 e. The number of ether oxygens (including phenoxy) is 2. The molecule has 1 amide bonds. The third-order valence-electron chi connectivity index (χ3n) is 8.38. The van der Waals surface area contributed by atoms with E-state index in [2.05, 4.69) is 6.92 Å². The lowest BCUT2D eigenvalue weighted by Crippen LogP contribution is -2.31. The summed E-state index contributed by atoms with van der Waals surface area (Å²) in [5.74, 6) is -0.911. The number of methoxy groups -OCH3 is 2. The number of ketones is 1. The number of likely N-dealkylation sites (tertiary alicyclic amines) is 1. The number of rotatable bonds is 20. The first-order valence-corrected chi connectivity index (χ1v) is 16.1. The highest BCUT2D eigenvalue weighted by molar-refractivity contribution is 6.46. The minimum atomic E-state index is -0.881. The minimum absolute atomic E-state index is 0.0716. The first kappa shape index (κ1) is 34.6. The van der Waals surface area contributed by atoms with E-state index in [0.717, 1.165) is 25.7 Å². The second kappa shape index (κ2) is 18.0. The molecule has 0 saturated carbocycles. The number of unbranched alkanes of at least 4 members (excludes halogenated alkanes) is 13. The molecule has 0 bridgehead atoms. The van der Waals surface area contributed by atoms with Gasteiger partial charge in [0.15, 0.2) is 0 Å². The van der Waals surface area contributed by atoms with Gasteiger partial charge in [-0.25, -0.2) is 0 Å². The van der Waals surface area contributed by atoms with Gasteiger partial charge in [0.25, 0.3) is 17.4 Å². The van der Waals surface area contributed by atoms with Gasteiger partial charge in [0.2, 0.25) is 0 Å². The number of nitro groups is 1. The van der Waals surface area contributed by atoms with Gasteiger partial charge in [-0.05, 0) is 30.7 Å². The maximum Gasteiger partial charge on any atom is 0.295 e. The fourth-order valence-electron chi connectivity index (χ4n) is 5.85. The number of nitro benzene ring substituents is 1. The lowest BCUT2D eigenvalue weighted by molar-refractivity contribution is -0.384. The molecule has 1 aliphatic rings. The van der Waals surface area contributed by atoms with Crippen LogP contribution in [-0.4, -0.2) is 47.4 Å². The van der Waals surface area contributed by atoms with Gasteiger partial charge >= 0.3 is 0 Å². The Bertz CT molecular complexity index is 1270. The summed E-state index contributed by atoms with van der Waals surface area (Å²) in [4.78, 5) is 38.8. The molecule has 1 atom stereocenters. The summed E-state index contributed by atoms with van der Waals surface area (Å²) in [6.45, 7) is 2.59. The van der Waals surface area contributed by atoms with E-state index in [1.807, 2.05) is 0 Å². The molecule has 0 aliphatic carbocycles. The molecule has 1 unspecified atom stereocenters. The smallest absolute Gasteiger partial charge is 0.295 e. The second-order valence-electron chi connectivity index (χ2n) is 11.5. The third-order valence-corrected chi connectivity index (χ3v) is 8.38. The Morgan fingerprint density at radius 1 is 0.818 bits per heavy atom. The Kier molecular flexibility index (Phi) is 14.2. The van der Waals surface area contributed by atoms with Crippen molar-refractivity contribution < 1.29 is 29.1 Å². The molecular formula is C35H48N2O7. The summed E-state index contributed by atoms with van der Waals surface area (Å²) in [5.41, 5.74) is 0.537. The van der Waals surface area contributed by atoms with Crippen LogP contribution in [0.15, 0.2) is 48.0 Å². The van der Waals surface area contributed by atoms with Crippen LogP contribution < -0.4 is 9.47 Å². The number of hydrogen-bond acceptors (Lipinski definition) is 7. The summed E-state index contributed by atoms with van der Waals surface area (Å²) < 4.78 is 10.9. The quantitative estimate of drug-likeness (QED) is 0.0399. The van der Waals surface area contributed by atoms with E-state index in [4.69, 9.17) is 9.47 Å². The monoisotopic (exact) mass is 608 g/mol. The molecule has 0 aromatic heterocycles. The molecule has 0 spiro atoms. The molecule has 9 nitrogen and oxygen atoms in total. The van der Waals surface area contributed by atoms with E-state index in [9.17, 15) is 24.8 Å². The van der Waals surface area contributed by atoms with Crippen molar-refractivity contribution in [3.8, 4) is 11.5 Å². The molecule has 1 N–H and O–H groups in total. The molecule has 1 heterocycles. The predicted molar refractivity (Wildman–Crippen MR) is 172 cm³/mol. The lowest BCUT2D eigenvalue weighted by Gasteiger charge is -2.27. The zero-order valence-corrected chi connectivity index (χ0v) is 26.5. The van der Waals surface area contributed by atoms with Gasteiger partial charge in [-0.15, -0.1) is 0 Å². The van der Waals surface area contributed by atoms with E-state index in [0.29, 0.717) is 23.6 Å². The molecule has 2 aromatic carbocycles. The van der Waals surface area contributed by atoms with Gasteiger partial charge in [0.05, 0.1) is 30.8 Å². The molecular weight excluding hydrogens is 560 g/mol. The van der Waals surface area contributed by atoms with Crippen molar-refractivity contribution in [3.05, 3.63) is 69.3 Å². The molecule has 3 rings (SSSR count). The number of hydrogen-bond donors (Lipinski definition) is 1. The van der Waals surface area contributed by atoms with Crippen LogP contribution in [-0.2, 0) is 9.59 Å². The van der Waals surface area contributed by atoms with E-state index in [1.54, 1.807) is 18.2 Å². The molecule has 2 aromatic rings. The van der Waals surface area contributed by atoms with Crippen molar-refractivity contribution in [3.63, 3.8) is 0 Å². The first-order chi connectivity index (χ1) is 21.3. The van der Waals surface area contributed by atoms with Gasteiger partial charge in [0, 0.05) is 35.9 Å². The Hall–Kier alpha value is -3.88. The van der Waals surface area contributed by atoms with Crippen LogP contribution in [0.4, 0.5) is 5.69 Å². The highest BCUT2D eigenvalue weighted by Gasteiger charge is 2.46. The van der Waals surface area contributed by atoms with Crippen LogP contribution in [0.25, 0.3) is 5.76 Å². The molecule has 1 saturated heterocycles. The Labute approximate surface area is 261 Å². The summed E-state index contributed by atoms with van der Waals surface area (Å²) in [5, 5.41) is 22.4. The van der Waals surface area contributed by atoms with Gasteiger partial charge in [0.1, 0.15) is 17.3 Å². The van der Waals surface area contributed by atoms with Crippen molar-refractivity contribution in [1.82, 2.24) is 4.90 Å². The van der Waals surface area contributed by atoms with Gasteiger partial charge in [-0.3, -0.25) is 19.7 Å². The summed E-state index contributed by atoms with van der Waals surface area (Å²) >= 11 is 0. The Morgan fingerprint density at radius 2 is 1.36 bits per heavy atom. The number of carbonyl (C=O) groups is 2. The maximum atomic E-state index is 13.4. The first-order valence-electron chi connectivity index (χ1n) is 16.1. The summed E-state index contributed by atoms with van der Waals surface area (Å²) in [6, 6.07) is 9.49. The second-order valence-corrected chi connectivity index (χ2v) is 11.5. The van der Waals surface area contributed by atoms with Crippen molar-refractivity contribution in [1.29, 1.82) is 0 Å².